The minimum absolute atomic E-state index is 0.0819. The Bertz CT molecular complexity index is 637. The Hall–Kier alpha value is -1.48. The zero-order chi connectivity index (χ0) is 18.1. The van der Waals surface area contributed by atoms with Gasteiger partial charge < -0.3 is 15.4 Å². The summed E-state index contributed by atoms with van der Waals surface area (Å²) >= 11 is 0. The highest BCUT2D eigenvalue weighted by Gasteiger charge is 2.32. The van der Waals surface area contributed by atoms with Gasteiger partial charge in [-0.2, -0.15) is 4.31 Å². The van der Waals surface area contributed by atoms with Crippen molar-refractivity contribution < 1.29 is 17.9 Å². The van der Waals surface area contributed by atoms with Gasteiger partial charge in [-0.15, -0.1) is 0 Å². The van der Waals surface area contributed by atoms with Gasteiger partial charge in [-0.05, 0) is 25.0 Å². The molecule has 1 aliphatic heterocycles. The Morgan fingerprint density at radius 2 is 2.00 bits per heavy atom. The number of benzene rings is 1. The van der Waals surface area contributed by atoms with Gasteiger partial charge in [0.1, 0.15) is 0 Å². The summed E-state index contributed by atoms with van der Waals surface area (Å²) in [5.74, 6) is -0.382. The van der Waals surface area contributed by atoms with Gasteiger partial charge in [-0.3, -0.25) is 4.79 Å². The molecular formula is C17H27N3O4S. The molecule has 1 aliphatic rings. The molecule has 2 N–H and O–H groups in total. The molecule has 1 fully saturated rings. The summed E-state index contributed by atoms with van der Waals surface area (Å²) in [5.41, 5.74) is 0. The van der Waals surface area contributed by atoms with Gasteiger partial charge in [0.2, 0.25) is 15.9 Å². The summed E-state index contributed by atoms with van der Waals surface area (Å²) in [6, 6.07) is 8.37. The summed E-state index contributed by atoms with van der Waals surface area (Å²) in [7, 11) is -1.90. The smallest absolute Gasteiger partial charge is 0.243 e. The van der Waals surface area contributed by atoms with Crippen molar-refractivity contribution in [1.29, 1.82) is 0 Å². The SMILES string of the molecule is COCCNCCNC(=O)C1CCCN(S(=O)(=O)c2ccccc2)C1. The van der Waals surface area contributed by atoms with Crippen LogP contribution in [-0.2, 0) is 19.6 Å². The number of methoxy groups -OCH3 is 1. The second kappa shape index (κ2) is 9.86. The van der Waals surface area contributed by atoms with Gasteiger partial charge in [-0.1, -0.05) is 18.2 Å². The molecule has 1 heterocycles. The third-order valence-electron chi connectivity index (χ3n) is 4.22. The number of rotatable bonds is 9. The van der Waals surface area contributed by atoms with Crippen LogP contribution in [0.3, 0.4) is 0 Å². The lowest BCUT2D eigenvalue weighted by atomic mass is 9.99. The molecule has 0 bridgehead atoms. The average Bonchev–Trinajstić information content (AvgIpc) is 2.65. The molecule has 0 radical (unpaired) electrons. The first kappa shape index (κ1) is 19.8. The first-order chi connectivity index (χ1) is 12.1. The van der Waals surface area contributed by atoms with E-state index in [-0.39, 0.29) is 23.3 Å². The number of ether oxygens (including phenoxy) is 1. The van der Waals surface area contributed by atoms with Gasteiger partial charge >= 0.3 is 0 Å². The first-order valence-corrected chi connectivity index (χ1v) is 10.0. The third kappa shape index (κ3) is 5.78. The predicted molar refractivity (Wildman–Crippen MR) is 95.7 cm³/mol. The lowest BCUT2D eigenvalue weighted by Crippen LogP contribution is -2.46. The number of nitrogens with zero attached hydrogens (tertiary/aromatic N) is 1. The molecule has 0 spiro atoms. The maximum atomic E-state index is 12.7. The second-order valence-corrected chi connectivity index (χ2v) is 7.99. The van der Waals surface area contributed by atoms with E-state index in [0.29, 0.717) is 39.1 Å². The molecule has 25 heavy (non-hydrogen) atoms. The van der Waals surface area contributed by atoms with Crippen molar-refractivity contribution in [3.05, 3.63) is 30.3 Å². The van der Waals surface area contributed by atoms with E-state index in [0.717, 1.165) is 6.54 Å². The fourth-order valence-corrected chi connectivity index (χ4v) is 4.38. The van der Waals surface area contributed by atoms with Crippen LogP contribution in [0.15, 0.2) is 35.2 Å². The molecule has 1 aromatic rings. The molecule has 8 heteroatoms. The largest absolute Gasteiger partial charge is 0.383 e. The Balaban J connectivity index is 1.85. The van der Waals surface area contributed by atoms with Crippen LogP contribution in [0.1, 0.15) is 12.8 Å². The van der Waals surface area contributed by atoms with Gasteiger partial charge in [0.25, 0.3) is 0 Å². The summed E-state index contributed by atoms with van der Waals surface area (Å²) in [6.07, 6.45) is 1.40. The van der Waals surface area contributed by atoms with Gasteiger partial charge in [0, 0.05) is 39.8 Å². The zero-order valence-corrected chi connectivity index (χ0v) is 15.4. The van der Waals surface area contributed by atoms with Crippen molar-refractivity contribution in [2.45, 2.75) is 17.7 Å². The van der Waals surface area contributed by atoms with Crippen LogP contribution in [-0.4, -0.2) is 65.1 Å². The number of sulfonamides is 1. The molecule has 7 nitrogen and oxygen atoms in total. The minimum Gasteiger partial charge on any atom is -0.383 e. The molecule has 0 aromatic heterocycles. The van der Waals surface area contributed by atoms with Crippen LogP contribution in [0.4, 0.5) is 0 Å². The van der Waals surface area contributed by atoms with Crippen molar-refractivity contribution in [2.24, 2.45) is 5.92 Å². The number of carbonyl (C=O) groups excluding carboxylic acids is 1. The Morgan fingerprint density at radius 3 is 2.72 bits per heavy atom. The number of piperidine rings is 1. The summed E-state index contributed by atoms with van der Waals surface area (Å²) < 4.78 is 31.7. The van der Waals surface area contributed by atoms with Gasteiger partial charge in [-0.25, -0.2) is 8.42 Å². The number of hydrogen-bond acceptors (Lipinski definition) is 5. The van der Waals surface area contributed by atoms with Crippen molar-refractivity contribution in [1.82, 2.24) is 14.9 Å². The monoisotopic (exact) mass is 369 g/mol. The molecule has 1 amide bonds. The molecule has 1 unspecified atom stereocenters. The summed E-state index contributed by atoms with van der Waals surface area (Å²) in [6.45, 7) is 3.24. The number of amides is 1. The first-order valence-electron chi connectivity index (χ1n) is 8.58. The van der Waals surface area contributed by atoms with E-state index in [9.17, 15) is 13.2 Å². The number of carbonyl (C=O) groups is 1. The fourth-order valence-electron chi connectivity index (χ4n) is 2.83. The summed E-state index contributed by atoms with van der Waals surface area (Å²) in [4.78, 5) is 12.6. The Morgan fingerprint density at radius 1 is 1.24 bits per heavy atom. The zero-order valence-electron chi connectivity index (χ0n) is 14.6. The maximum absolute atomic E-state index is 12.7. The van der Waals surface area contributed by atoms with Crippen molar-refractivity contribution in [3.63, 3.8) is 0 Å². The fraction of sp³-hybridized carbons (Fsp3) is 0.588. The molecular weight excluding hydrogens is 342 g/mol. The molecule has 0 saturated carbocycles. The highest BCUT2D eigenvalue weighted by Crippen LogP contribution is 2.23. The van der Waals surface area contributed by atoms with Gasteiger partial charge in [0.15, 0.2) is 0 Å². The van der Waals surface area contributed by atoms with Crippen LogP contribution in [0, 0.1) is 5.92 Å². The molecule has 1 aromatic carbocycles. The number of hydrogen-bond donors (Lipinski definition) is 2. The van der Waals surface area contributed by atoms with Crippen LogP contribution < -0.4 is 10.6 Å². The quantitative estimate of drug-likeness (QED) is 0.617. The van der Waals surface area contributed by atoms with Crippen molar-refractivity contribution >= 4 is 15.9 Å². The lowest BCUT2D eigenvalue weighted by Gasteiger charge is -2.31. The summed E-state index contributed by atoms with van der Waals surface area (Å²) in [5, 5.41) is 6.03. The highest BCUT2D eigenvalue weighted by molar-refractivity contribution is 7.89. The molecule has 0 aliphatic carbocycles. The van der Waals surface area contributed by atoms with E-state index in [1.165, 1.54) is 4.31 Å². The van der Waals surface area contributed by atoms with Crippen molar-refractivity contribution in [3.8, 4) is 0 Å². The molecule has 2 rings (SSSR count). The topological polar surface area (TPSA) is 87.7 Å². The standard InChI is InChI=1S/C17H27N3O4S/c1-24-13-11-18-9-10-19-17(21)15-6-5-12-20(14-15)25(22,23)16-7-3-2-4-8-16/h2-4,7-8,15,18H,5-6,9-14H2,1H3,(H,19,21). The molecule has 1 saturated heterocycles. The maximum Gasteiger partial charge on any atom is 0.243 e. The van der Waals surface area contributed by atoms with E-state index in [4.69, 9.17) is 4.74 Å². The van der Waals surface area contributed by atoms with Crippen LogP contribution in [0.2, 0.25) is 0 Å². The predicted octanol–water partition coefficient (Wildman–Crippen LogP) is 0.440. The lowest BCUT2D eigenvalue weighted by molar-refractivity contribution is -0.126. The molecule has 1 atom stereocenters. The van der Waals surface area contributed by atoms with E-state index in [1.807, 2.05) is 0 Å². The van der Waals surface area contributed by atoms with Crippen molar-refractivity contribution in [2.75, 3.05) is 46.4 Å². The van der Waals surface area contributed by atoms with E-state index in [2.05, 4.69) is 10.6 Å². The minimum atomic E-state index is -3.54. The van der Waals surface area contributed by atoms with E-state index in [1.54, 1.807) is 37.4 Å². The van der Waals surface area contributed by atoms with Crippen LogP contribution in [0.5, 0.6) is 0 Å². The third-order valence-corrected chi connectivity index (χ3v) is 6.10. The average molecular weight is 369 g/mol. The second-order valence-electron chi connectivity index (χ2n) is 6.05. The van der Waals surface area contributed by atoms with Gasteiger partial charge in [0.05, 0.1) is 17.4 Å². The van der Waals surface area contributed by atoms with E-state index < -0.39 is 10.0 Å². The Kier molecular flexibility index (Phi) is 7.83. The normalized spacial score (nSPS) is 18.8. The molecule has 140 valence electrons. The van der Waals surface area contributed by atoms with Crippen LogP contribution >= 0.6 is 0 Å². The van der Waals surface area contributed by atoms with E-state index >= 15 is 0 Å². The number of nitrogens with one attached hydrogen (secondary N) is 2. The highest BCUT2D eigenvalue weighted by atomic mass is 32.2. The Labute approximate surface area is 149 Å². The van der Waals surface area contributed by atoms with Crippen LogP contribution in [0.25, 0.3) is 0 Å².